The van der Waals surface area contributed by atoms with E-state index in [0.717, 1.165) is 32.1 Å². The van der Waals surface area contributed by atoms with Crippen LogP contribution in [0.4, 0.5) is 0 Å². The fraction of sp³-hybridized carbons (Fsp3) is 0.957. The number of aliphatic hydroxyl groups excluding tert-OH is 2. The van der Waals surface area contributed by atoms with Crippen LogP contribution in [-0.2, 0) is 14.3 Å². The molecule has 3 N–H and O–H groups in total. The summed E-state index contributed by atoms with van der Waals surface area (Å²) in [4.78, 5) is 12.0. The lowest BCUT2D eigenvalue weighted by molar-refractivity contribution is -0.335. The van der Waals surface area contributed by atoms with Crippen molar-refractivity contribution < 1.29 is 29.6 Å². The predicted octanol–water partition coefficient (Wildman–Crippen LogP) is 2.14. The van der Waals surface area contributed by atoms with Crippen LogP contribution < -0.4 is 0 Å². The summed E-state index contributed by atoms with van der Waals surface area (Å²) in [6.07, 6.45) is 6.76. The van der Waals surface area contributed by atoms with Gasteiger partial charge in [0.05, 0.1) is 30.3 Å². The number of ether oxygens (including phenoxy) is 2. The molecule has 0 aromatic carbocycles. The molecule has 2 heterocycles. The largest absolute Gasteiger partial charge is 0.435 e. The highest BCUT2D eigenvalue weighted by molar-refractivity contribution is 5.72. The highest BCUT2D eigenvalue weighted by atomic mass is 16.7. The van der Waals surface area contributed by atoms with Gasteiger partial charge in [0, 0.05) is 23.2 Å². The summed E-state index contributed by atoms with van der Waals surface area (Å²) in [5, 5.41) is 32.5. The van der Waals surface area contributed by atoms with Gasteiger partial charge >= 0.3 is 5.97 Å². The highest BCUT2D eigenvalue weighted by Crippen LogP contribution is 2.74. The second-order valence-corrected chi connectivity index (χ2v) is 11.3. The normalized spacial score (nSPS) is 60.6. The maximum absolute atomic E-state index is 12.0. The van der Waals surface area contributed by atoms with Crippen molar-refractivity contribution in [3.63, 3.8) is 0 Å². The minimum Gasteiger partial charge on any atom is -0.435 e. The first kappa shape index (κ1) is 19.0. The van der Waals surface area contributed by atoms with Crippen LogP contribution in [0.5, 0.6) is 0 Å². The van der Waals surface area contributed by atoms with Crippen molar-refractivity contribution in [2.24, 2.45) is 34.5 Å². The summed E-state index contributed by atoms with van der Waals surface area (Å²) in [7, 11) is 0. The molecule has 4 saturated carbocycles. The van der Waals surface area contributed by atoms with Crippen LogP contribution >= 0.6 is 0 Å². The Kier molecular flexibility index (Phi) is 3.78. The zero-order valence-corrected chi connectivity index (χ0v) is 17.3. The molecular formula is C23H34O6. The summed E-state index contributed by atoms with van der Waals surface area (Å²) < 4.78 is 12.4. The Morgan fingerprint density at radius 2 is 1.79 bits per heavy atom. The van der Waals surface area contributed by atoms with Crippen LogP contribution in [0, 0.1) is 34.5 Å². The Balaban J connectivity index is 1.42. The number of hydrogen-bond acceptors (Lipinski definition) is 6. The topological polar surface area (TPSA) is 96.2 Å². The van der Waals surface area contributed by atoms with E-state index in [-0.39, 0.29) is 41.3 Å². The summed E-state index contributed by atoms with van der Waals surface area (Å²) in [5.74, 6) is 0.935. The van der Waals surface area contributed by atoms with E-state index in [1.807, 2.05) is 0 Å². The number of carbonyl (C=O) groups is 1. The van der Waals surface area contributed by atoms with Crippen molar-refractivity contribution in [2.45, 2.75) is 94.7 Å². The number of carbonyl (C=O) groups excluding carboxylic acids is 1. The highest BCUT2D eigenvalue weighted by Gasteiger charge is 2.75. The maximum Gasteiger partial charge on any atom is 0.308 e. The van der Waals surface area contributed by atoms with E-state index in [4.69, 9.17) is 9.47 Å². The molecule has 0 spiro atoms. The van der Waals surface area contributed by atoms with E-state index in [0.29, 0.717) is 38.0 Å². The van der Waals surface area contributed by atoms with E-state index in [1.165, 1.54) is 0 Å². The Morgan fingerprint density at radius 1 is 1.03 bits per heavy atom. The molecule has 0 aromatic rings. The zero-order chi connectivity index (χ0) is 20.2. The summed E-state index contributed by atoms with van der Waals surface area (Å²) in [5.41, 5.74) is -1.86. The molecule has 162 valence electrons. The van der Waals surface area contributed by atoms with E-state index < -0.39 is 23.4 Å². The number of rotatable bonds is 1. The molecule has 0 aromatic heterocycles. The van der Waals surface area contributed by atoms with Gasteiger partial charge in [-0.15, -0.1) is 0 Å². The van der Waals surface area contributed by atoms with Crippen LogP contribution in [0.2, 0.25) is 0 Å². The quantitative estimate of drug-likeness (QED) is 0.578. The van der Waals surface area contributed by atoms with Gasteiger partial charge in [-0.05, 0) is 69.1 Å². The van der Waals surface area contributed by atoms with Gasteiger partial charge in [0.25, 0.3) is 0 Å². The lowest BCUT2D eigenvalue weighted by Gasteiger charge is -2.68. The minimum absolute atomic E-state index is 0.0313. The first-order chi connectivity index (χ1) is 13.8. The average molecular weight is 407 g/mol. The summed E-state index contributed by atoms with van der Waals surface area (Å²) in [6, 6.07) is 0. The van der Waals surface area contributed by atoms with Gasteiger partial charge in [-0.25, -0.2) is 0 Å². The van der Waals surface area contributed by atoms with Crippen LogP contribution in [0.15, 0.2) is 0 Å². The van der Waals surface area contributed by atoms with Crippen molar-refractivity contribution >= 4 is 5.97 Å². The molecule has 2 bridgehead atoms. The molecule has 6 nitrogen and oxygen atoms in total. The standard InChI is InChI=1S/C23H34O6/c1-20-6-3-16-17(4-8-22(27)11-13(25)2-7-21(16,22)12-24)23(20)9-5-15(20)14-10-18(26)28-19(14)29-23/h13-17,19,24-25,27H,2-12H2,1H3/t13-,14+,15+,16-,17+,19+,20+,21-,22+,23+/m0/s1. The monoisotopic (exact) mass is 406 g/mol. The van der Waals surface area contributed by atoms with Gasteiger partial charge in [-0.3, -0.25) is 4.79 Å². The molecule has 2 aliphatic heterocycles. The first-order valence-corrected chi connectivity index (χ1v) is 11.7. The molecule has 2 saturated heterocycles. The number of hydrogen-bond donors (Lipinski definition) is 3. The summed E-state index contributed by atoms with van der Waals surface area (Å²) in [6.45, 7) is 2.34. The molecule has 6 aliphatic rings. The molecule has 4 aliphatic carbocycles. The Hall–Kier alpha value is -0.690. The molecular weight excluding hydrogens is 372 g/mol. The van der Waals surface area contributed by atoms with Gasteiger partial charge in [0.1, 0.15) is 0 Å². The molecule has 6 fully saturated rings. The zero-order valence-electron chi connectivity index (χ0n) is 17.3. The second-order valence-electron chi connectivity index (χ2n) is 11.3. The van der Waals surface area contributed by atoms with Crippen LogP contribution in [0.1, 0.15) is 71.1 Å². The van der Waals surface area contributed by atoms with Crippen molar-refractivity contribution in [2.75, 3.05) is 6.61 Å². The van der Waals surface area contributed by atoms with Gasteiger partial charge in [0.2, 0.25) is 6.29 Å². The third-order valence-electron chi connectivity index (χ3n) is 10.8. The van der Waals surface area contributed by atoms with E-state index >= 15 is 0 Å². The Labute approximate surface area is 172 Å². The molecule has 0 unspecified atom stereocenters. The Bertz CT molecular complexity index is 741. The first-order valence-electron chi connectivity index (χ1n) is 11.7. The van der Waals surface area contributed by atoms with Gasteiger partial charge in [-0.2, -0.15) is 0 Å². The molecule has 6 heteroatoms. The van der Waals surface area contributed by atoms with Crippen LogP contribution in [0.3, 0.4) is 0 Å². The maximum atomic E-state index is 12.0. The molecule has 29 heavy (non-hydrogen) atoms. The average Bonchev–Trinajstić information content (AvgIpc) is 3.13. The number of esters is 1. The van der Waals surface area contributed by atoms with Gasteiger partial charge in [-0.1, -0.05) is 6.92 Å². The van der Waals surface area contributed by atoms with Gasteiger partial charge in [0.15, 0.2) is 0 Å². The molecule has 6 rings (SSSR count). The smallest absolute Gasteiger partial charge is 0.308 e. The predicted molar refractivity (Wildman–Crippen MR) is 102 cm³/mol. The van der Waals surface area contributed by atoms with E-state index in [1.54, 1.807) is 0 Å². The van der Waals surface area contributed by atoms with Crippen molar-refractivity contribution in [1.82, 2.24) is 0 Å². The van der Waals surface area contributed by atoms with Crippen LogP contribution in [-0.4, -0.2) is 51.5 Å². The van der Waals surface area contributed by atoms with Crippen molar-refractivity contribution in [3.8, 4) is 0 Å². The number of fused-ring (bicyclic) bond motifs is 5. The molecule has 10 atom stereocenters. The molecule has 0 amide bonds. The third-order valence-corrected chi connectivity index (χ3v) is 10.8. The SMILES string of the molecule is C[C@]12CC[C@H]3[C@@H](CC[C@@]4(O)C[C@@H](O)CC[C@]34CO)[C@]13CC[C@@H]2[C@H]1CC(=O)O[C@@H]1O3. The second kappa shape index (κ2) is 5.76. The lowest BCUT2D eigenvalue weighted by atomic mass is 9.41. The number of aliphatic hydroxyl groups is 3. The van der Waals surface area contributed by atoms with E-state index in [2.05, 4.69) is 6.92 Å². The minimum atomic E-state index is -1.00. The third kappa shape index (κ3) is 2.05. The van der Waals surface area contributed by atoms with E-state index in [9.17, 15) is 20.1 Å². The van der Waals surface area contributed by atoms with Crippen molar-refractivity contribution in [1.29, 1.82) is 0 Å². The van der Waals surface area contributed by atoms with Gasteiger partial charge < -0.3 is 24.8 Å². The lowest BCUT2D eigenvalue weighted by Crippen LogP contribution is -2.71. The Morgan fingerprint density at radius 3 is 2.59 bits per heavy atom. The molecule has 0 radical (unpaired) electrons. The van der Waals surface area contributed by atoms with Crippen molar-refractivity contribution in [3.05, 3.63) is 0 Å². The summed E-state index contributed by atoms with van der Waals surface area (Å²) >= 11 is 0. The fourth-order valence-electron chi connectivity index (χ4n) is 9.51. The fourth-order valence-corrected chi connectivity index (χ4v) is 9.51. The van der Waals surface area contributed by atoms with Crippen LogP contribution in [0.25, 0.3) is 0 Å².